The minimum absolute atomic E-state index is 0.552. The van der Waals surface area contributed by atoms with Crippen LogP contribution >= 0.6 is 0 Å². The number of rotatable bonds is 6. The predicted octanol–water partition coefficient (Wildman–Crippen LogP) is 2.14. The largest absolute Gasteiger partial charge is 0.491 e. The van der Waals surface area contributed by atoms with E-state index in [1.54, 1.807) is 12.4 Å². The lowest BCUT2D eigenvalue weighted by Crippen LogP contribution is -2.16. The van der Waals surface area contributed by atoms with Crippen molar-refractivity contribution in [3.63, 3.8) is 0 Å². The van der Waals surface area contributed by atoms with E-state index in [0.29, 0.717) is 24.8 Å². The van der Waals surface area contributed by atoms with Gasteiger partial charge in [-0.05, 0) is 19.9 Å². The Labute approximate surface area is 146 Å². The molecule has 0 aromatic carbocycles. The second-order valence-corrected chi connectivity index (χ2v) is 5.97. The Kier molecular flexibility index (Phi) is 4.69. The number of fused-ring (bicyclic) bond motifs is 1. The predicted molar refractivity (Wildman–Crippen MR) is 98.1 cm³/mol. The molecule has 25 heavy (non-hydrogen) atoms. The molecule has 0 saturated heterocycles. The van der Waals surface area contributed by atoms with Crippen LogP contribution in [0.25, 0.3) is 11.0 Å². The number of nitrogens with zero attached hydrogens (tertiary/aromatic N) is 6. The summed E-state index contributed by atoms with van der Waals surface area (Å²) in [5, 5.41) is 8.75. The summed E-state index contributed by atoms with van der Waals surface area (Å²) in [7, 11) is 5.87. The van der Waals surface area contributed by atoms with Gasteiger partial charge in [0.05, 0.1) is 24.7 Å². The van der Waals surface area contributed by atoms with Gasteiger partial charge in [-0.2, -0.15) is 5.10 Å². The highest BCUT2D eigenvalue weighted by atomic mass is 16.5. The maximum Gasteiger partial charge on any atom is 0.223 e. The molecule has 3 rings (SSSR count). The van der Waals surface area contributed by atoms with Crippen molar-refractivity contribution in [3.8, 4) is 5.75 Å². The number of hydrogen-bond acceptors (Lipinski definition) is 7. The average molecular weight is 341 g/mol. The Morgan fingerprint density at radius 2 is 1.96 bits per heavy atom. The highest BCUT2D eigenvalue weighted by Gasteiger charge is 2.14. The molecule has 0 atom stereocenters. The first kappa shape index (κ1) is 16.9. The molecule has 0 fully saturated rings. The summed E-state index contributed by atoms with van der Waals surface area (Å²) in [6.45, 7) is 5.09. The van der Waals surface area contributed by atoms with Crippen LogP contribution in [0.5, 0.6) is 5.75 Å². The van der Waals surface area contributed by atoms with Gasteiger partial charge in [0.25, 0.3) is 0 Å². The van der Waals surface area contributed by atoms with E-state index < -0.39 is 0 Å². The topological polar surface area (TPSA) is 81.0 Å². The van der Waals surface area contributed by atoms with Gasteiger partial charge in [0.1, 0.15) is 5.82 Å². The van der Waals surface area contributed by atoms with E-state index in [1.807, 2.05) is 44.6 Å². The van der Waals surface area contributed by atoms with Gasteiger partial charge in [0, 0.05) is 38.6 Å². The molecule has 8 heteroatoms. The molecule has 0 saturated carbocycles. The monoisotopic (exact) mass is 341 g/mol. The summed E-state index contributed by atoms with van der Waals surface area (Å²) in [4.78, 5) is 15.3. The molecule has 0 amide bonds. The van der Waals surface area contributed by atoms with E-state index in [1.165, 1.54) is 0 Å². The van der Waals surface area contributed by atoms with Crippen molar-refractivity contribution in [2.45, 2.75) is 20.4 Å². The smallest absolute Gasteiger partial charge is 0.223 e. The lowest BCUT2D eigenvalue weighted by atomic mass is 10.2. The van der Waals surface area contributed by atoms with E-state index in [2.05, 4.69) is 26.4 Å². The van der Waals surface area contributed by atoms with E-state index in [-0.39, 0.29) is 0 Å². The van der Waals surface area contributed by atoms with Crippen LogP contribution in [0.1, 0.15) is 18.2 Å². The molecule has 3 aromatic rings. The molecule has 0 aliphatic heterocycles. The van der Waals surface area contributed by atoms with Gasteiger partial charge in [-0.25, -0.2) is 15.0 Å². The second-order valence-electron chi connectivity index (χ2n) is 5.97. The Morgan fingerprint density at radius 1 is 1.24 bits per heavy atom. The van der Waals surface area contributed by atoms with Crippen LogP contribution in [0.2, 0.25) is 0 Å². The number of ether oxygens (including phenoxy) is 1. The molecular formula is C17H23N7O. The summed E-state index contributed by atoms with van der Waals surface area (Å²) >= 11 is 0. The second kappa shape index (κ2) is 6.92. The Bertz CT molecular complexity index is 871. The Morgan fingerprint density at radius 3 is 2.60 bits per heavy atom. The summed E-state index contributed by atoms with van der Waals surface area (Å²) in [6.07, 6.45) is 3.33. The normalized spacial score (nSPS) is 10.9. The quantitative estimate of drug-likeness (QED) is 0.735. The van der Waals surface area contributed by atoms with Crippen LogP contribution in [-0.2, 0) is 13.6 Å². The standard InChI is InChI=1S/C17H23N7O/c1-6-25-13-9-19-17(20-10-13)18-8-12-7-14-11(2)22-24(5)16(14)21-15(12)23(3)4/h7,9-10H,6,8H2,1-5H3,(H,18,19,20). The SMILES string of the molecule is CCOc1cnc(NCc2cc3c(C)nn(C)c3nc2N(C)C)nc1. The number of hydrogen-bond donors (Lipinski definition) is 1. The fraction of sp³-hybridized carbons (Fsp3) is 0.412. The van der Waals surface area contributed by atoms with E-state index in [0.717, 1.165) is 28.1 Å². The summed E-state index contributed by atoms with van der Waals surface area (Å²) in [5.74, 6) is 2.11. The minimum Gasteiger partial charge on any atom is -0.491 e. The van der Waals surface area contributed by atoms with E-state index in [9.17, 15) is 0 Å². The van der Waals surface area contributed by atoms with Gasteiger partial charge in [-0.3, -0.25) is 4.68 Å². The van der Waals surface area contributed by atoms with Gasteiger partial charge < -0.3 is 15.0 Å². The third-order valence-electron chi connectivity index (χ3n) is 3.85. The first-order chi connectivity index (χ1) is 12.0. The Hall–Kier alpha value is -2.90. The molecule has 0 aliphatic rings. The van der Waals surface area contributed by atoms with Crippen molar-refractivity contribution >= 4 is 22.8 Å². The molecule has 1 N–H and O–H groups in total. The van der Waals surface area contributed by atoms with Gasteiger partial charge >= 0.3 is 0 Å². The first-order valence-corrected chi connectivity index (χ1v) is 8.18. The molecule has 0 radical (unpaired) electrons. The Balaban J connectivity index is 1.86. The van der Waals surface area contributed by atoms with Crippen LogP contribution in [0.15, 0.2) is 18.5 Å². The lowest BCUT2D eigenvalue weighted by molar-refractivity contribution is 0.337. The van der Waals surface area contributed by atoms with Crippen molar-refractivity contribution < 1.29 is 4.74 Å². The van der Waals surface area contributed by atoms with Crippen LogP contribution in [-0.4, -0.2) is 45.4 Å². The molecule has 8 nitrogen and oxygen atoms in total. The zero-order valence-corrected chi connectivity index (χ0v) is 15.2. The summed E-state index contributed by atoms with van der Waals surface area (Å²) in [5.41, 5.74) is 2.90. The van der Waals surface area contributed by atoms with Crippen molar-refractivity contribution in [2.24, 2.45) is 7.05 Å². The first-order valence-electron chi connectivity index (χ1n) is 8.18. The van der Waals surface area contributed by atoms with Crippen molar-refractivity contribution in [1.29, 1.82) is 0 Å². The van der Waals surface area contributed by atoms with Gasteiger partial charge in [-0.15, -0.1) is 0 Å². The fourth-order valence-electron chi connectivity index (χ4n) is 2.72. The van der Waals surface area contributed by atoms with Crippen molar-refractivity contribution in [1.82, 2.24) is 24.7 Å². The van der Waals surface area contributed by atoms with Crippen molar-refractivity contribution in [3.05, 3.63) is 29.7 Å². The summed E-state index contributed by atoms with van der Waals surface area (Å²) in [6, 6.07) is 2.13. The highest BCUT2D eigenvalue weighted by molar-refractivity contribution is 5.81. The van der Waals surface area contributed by atoms with Gasteiger partial charge in [0.2, 0.25) is 5.95 Å². The number of aryl methyl sites for hydroxylation is 2. The summed E-state index contributed by atoms with van der Waals surface area (Å²) < 4.78 is 7.17. The number of nitrogens with one attached hydrogen (secondary N) is 1. The molecule has 0 spiro atoms. The zero-order valence-electron chi connectivity index (χ0n) is 15.2. The zero-order chi connectivity index (χ0) is 18.0. The van der Waals surface area contributed by atoms with Crippen LogP contribution < -0.4 is 15.0 Å². The lowest BCUT2D eigenvalue weighted by Gasteiger charge is -2.17. The number of anilines is 2. The minimum atomic E-state index is 0.552. The number of pyridine rings is 1. The maximum atomic E-state index is 5.36. The average Bonchev–Trinajstić information content (AvgIpc) is 2.87. The molecule has 3 aromatic heterocycles. The van der Waals surface area contributed by atoms with Crippen LogP contribution in [0.3, 0.4) is 0 Å². The maximum absolute atomic E-state index is 5.36. The molecule has 0 unspecified atom stereocenters. The molecular weight excluding hydrogens is 318 g/mol. The fourth-order valence-corrected chi connectivity index (χ4v) is 2.72. The van der Waals surface area contributed by atoms with E-state index in [4.69, 9.17) is 9.72 Å². The van der Waals surface area contributed by atoms with E-state index >= 15 is 0 Å². The molecule has 3 heterocycles. The third-order valence-corrected chi connectivity index (χ3v) is 3.85. The van der Waals surface area contributed by atoms with Gasteiger partial charge in [0.15, 0.2) is 11.4 Å². The van der Waals surface area contributed by atoms with Crippen LogP contribution in [0, 0.1) is 6.92 Å². The van der Waals surface area contributed by atoms with Crippen LogP contribution in [0.4, 0.5) is 11.8 Å². The molecule has 0 bridgehead atoms. The molecule has 132 valence electrons. The van der Waals surface area contributed by atoms with Crippen molar-refractivity contribution in [2.75, 3.05) is 30.9 Å². The molecule has 0 aliphatic carbocycles. The third kappa shape index (κ3) is 3.47. The van der Waals surface area contributed by atoms with Gasteiger partial charge in [-0.1, -0.05) is 0 Å². The number of aromatic nitrogens is 5. The highest BCUT2D eigenvalue weighted by Crippen LogP contribution is 2.25.